The molecule has 0 bridgehead atoms. The number of rotatable bonds is 4. The summed E-state index contributed by atoms with van der Waals surface area (Å²) in [6.45, 7) is 3.39. The largest absolute Gasteiger partial charge is 0.478 e. The van der Waals surface area contributed by atoms with Crippen LogP contribution in [0.25, 0.3) is 0 Å². The minimum Gasteiger partial charge on any atom is -0.478 e. The standard InChI is InChI=1S/C11H13NO3S/c1-3-16-10-6-8(11(14)15)4-5-9(10)12-7(2)13/h4-6H,3H2,1-2H3,(H,12,13)(H,14,15). The number of carbonyl (C=O) groups is 2. The fraction of sp³-hybridized carbons (Fsp3) is 0.273. The first kappa shape index (κ1) is 12.6. The van der Waals surface area contributed by atoms with E-state index in [-0.39, 0.29) is 11.5 Å². The van der Waals surface area contributed by atoms with Gasteiger partial charge in [0, 0.05) is 11.8 Å². The first-order chi connectivity index (χ1) is 7.54. The average Bonchev–Trinajstić information content (AvgIpc) is 2.20. The monoisotopic (exact) mass is 239 g/mol. The van der Waals surface area contributed by atoms with Gasteiger partial charge in [-0.3, -0.25) is 4.79 Å². The molecule has 0 spiro atoms. The van der Waals surface area contributed by atoms with Gasteiger partial charge in [0.05, 0.1) is 11.3 Å². The summed E-state index contributed by atoms with van der Waals surface area (Å²) >= 11 is 1.50. The average molecular weight is 239 g/mol. The van der Waals surface area contributed by atoms with Crippen molar-refractivity contribution in [2.45, 2.75) is 18.7 Å². The number of carboxylic acids is 1. The van der Waals surface area contributed by atoms with Gasteiger partial charge in [0.25, 0.3) is 0 Å². The molecule has 1 rings (SSSR count). The second kappa shape index (κ2) is 5.55. The molecule has 0 aliphatic heterocycles. The molecule has 4 nitrogen and oxygen atoms in total. The Balaban J connectivity index is 3.08. The maximum atomic E-state index is 11.0. The highest BCUT2D eigenvalue weighted by Crippen LogP contribution is 2.28. The first-order valence-corrected chi connectivity index (χ1v) is 5.81. The summed E-state index contributed by atoms with van der Waals surface area (Å²) < 4.78 is 0. The Morgan fingerprint density at radius 1 is 1.44 bits per heavy atom. The SMILES string of the molecule is CCSc1cc(C(=O)O)ccc1NC(C)=O. The number of hydrogen-bond acceptors (Lipinski definition) is 3. The highest BCUT2D eigenvalue weighted by molar-refractivity contribution is 7.99. The molecule has 5 heteroatoms. The van der Waals surface area contributed by atoms with Crippen molar-refractivity contribution in [2.75, 3.05) is 11.1 Å². The zero-order valence-corrected chi connectivity index (χ0v) is 9.93. The Kier molecular flexibility index (Phi) is 4.37. The molecule has 0 unspecified atom stereocenters. The molecule has 16 heavy (non-hydrogen) atoms. The van der Waals surface area contributed by atoms with E-state index in [0.29, 0.717) is 5.69 Å². The van der Waals surface area contributed by atoms with Crippen LogP contribution in [-0.2, 0) is 4.79 Å². The van der Waals surface area contributed by atoms with Crippen LogP contribution in [0.3, 0.4) is 0 Å². The number of aromatic carboxylic acids is 1. The molecule has 0 saturated carbocycles. The van der Waals surface area contributed by atoms with Crippen molar-refractivity contribution < 1.29 is 14.7 Å². The van der Waals surface area contributed by atoms with Crippen molar-refractivity contribution in [3.05, 3.63) is 23.8 Å². The van der Waals surface area contributed by atoms with Crippen molar-refractivity contribution in [1.82, 2.24) is 0 Å². The molecular formula is C11H13NO3S. The summed E-state index contributed by atoms with van der Waals surface area (Å²) in [5.74, 6) is -0.316. The number of carbonyl (C=O) groups excluding carboxylic acids is 1. The normalized spacial score (nSPS) is 9.88. The number of carboxylic acid groups (broad SMARTS) is 1. The van der Waals surface area contributed by atoms with Crippen LogP contribution in [-0.4, -0.2) is 22.7 Å². The zero-order valence-electron chi connectivity index (χ0n) is 9.11. The van der Waals surface area contributed by atoms with E-state index in [1.165, 1.54) is 24.8 Å². The lowest BCUT2D eigenvalue weighted by atomic mass is 10.2. The van der Waals surface area contributed by atoms with Gasteiger partial charge in [-0.05, 0) is 24.0 Å². The zero-order chi connectivity index (χ0) is 12.1. The van der Waals surface area contributed by atoms with E-state index in [1.54, 1.807) is 12.1 Å². The number of benzene rings is 1. The van der Waals surface area contributed by atoms with Gasteiger partial charge in [-0.1, -0.05) is 6.92 Å². The summed E-state index contributed by atoms with van der Waals surface area (Å²) in [5, 5.41) is 11.5. The van der Waals surface area contributed by atoms with Gasteiger partial charge in [0.1, 0.15) is 0 Å². The van der Waals surface area contributed by atoms with Crippen LogP contribution in [0.15, 0.2) is 23.1 Å². The van der Waals surface area contributed by atoms with Crippen molar-refractivity contribution in [3.63, 3.8) is 0 Å². The molecule has 0 aliphatic rings. The molecule has 2 N–H and O–H groups in total. The van der Waals surface area contributed by atoms with E-state index in [2.05, 4.69) is 5.32 Å². The van der Waals surface area contributed by atoms with Crippen LogP contribution >= 0.6 is 11.8 Å². The number of amides is 1. The summed E-state index contributed by atoms with van der Waals surface area (Å²) in [5.41, 5.74) is 0.884. The number of anilines is 1. The lowest BCUT2D eigenvalue weighted by Crippen LogP contribution is -2.07. The predicted molar refractivity (Wildman–Crippen MR) is 64.1 cm³/mol. The number of hydrogen-bond donors (Lipinski definition) is 2. The van der Waals surface area contributed by atoms with E-state index in [9.17, 15) is 9.59 Å². The molecule has 1 amide bonds. The molecule has 0 aliphatic carbocycles. The highest BCUT2D eigenvalue weighted by atomic mass is 32.2. The summed E-state index contributed by atoms with van der Waals surface area (Å²) in [6, 6.07) is 4.66. The van der Waals surface area contributed by atoms with Crippen molar-refractivity contribution >= 4 is 29.3 Å². The molecule has 0 saturated heterocycles. The lowest BCUT2D eigenvalue weighted by Gasteiger charge is -2.09. The molecule has 0 radical (unpaired) electrons. The number of nitrogens with one attached hydrogen (secondary N) is 1. The minimum absolute atomic E-state index is 0.166. The van der Waals surface area contributed by atoms with Crippen LogP contribution < -0.4 is 5.32 Å². The van der Waals surface area contributed by atoms with Gasteiger partial charge >= 0.3 is 5.97 Å². The van der Waals surface area contributed by atoms with E-state index in [0.717, 1.165) is 10.6 Å². The molecule has 0 heterocycles. The highest BCUT2D eigenvalue weighted by Gasteiger charge is 2.09. The summed E-state index contributed by atoms with van der Waals surface area (Å²) in [6.07, 6.45) is 0. The molecule has 86 valence electrons. The second-order valence-corrected chi connectivity index (χ2v) is 4.44. The topological polar surface area (TPSA) is 66.4 Å². The fourth-order valence-electron chi connectivity index (χ4n) is 1.22. The lowest BCUT2D eigenvalue weighted by molar-refractivity contribution is -0.114. The van der Waals surface area contributed by atoms with Crippen molar-refractivity contribution in [1.29, 1.82) is 0 Å². The van der Waals surface area contributed by atoms with Gasteiger partial charge in [0.2, 0.25) is 5.91 Å². The fourth-order valence-corrected chi connectivity index (χ4v) is 2.02. The van der Waals surface area contributed by atoms with E-state index in [4.69, 9.17) is 5.11 Å². The first-order valence-electron chi connectivity index (χ1n) is 4.82. The van der Waals surface area contributed by atoms with Crippen LogP contribution in [0.4, 0.5) is 5.69 Å². The van der Waals surface area contributed by atoms with Crippen molar-refractivity contribution in [2.24, 2.45) is 0 Å². The van der Waals surface area contributed by atoms with Crippen LogP contribution in [0.1, 0.15) is 24.2 Å². The van der Waals surface area contributed by atoms with E-state index in [1.807, 2.05) is 6.92 Å². The quantitative estimate of drug-likeness (QED) is 0.792. The van der Waals surface area contributed by atoms with Gasteiger partial charge in [-0.15, -0.1) is 11.8 Å². The summed E-state index contributed by atoms with van der Waals surface area (Å²) in [7, 11) is 0. The maximum Gasteiger partial charge on any atom is 0.335 e. The molecule has 0 fully saturated rings. The van der Waals surface area contributed by atoms with Crippen LogP contribution in [0.5, 0.6) is 0 Å². The molecule has 0 atom stereocenters. The smallest absolute Gasteiger partial charge is 0.335 e. The van der Waals surface area contributed by atoms with Crippen LogP contribution in [0.2, 0.25) is 0 Å². The van der Waals surface area contributed by atoms with E-state index < -0.39 is 5.97 Å². The summed E-state index contributed by atoms with van der Waals surface area (Å²) in [4.78, 5) is 22.5. The van der Waals surface area contributed by atoms with Gasteiger partial charge < -0.3 is 10.4 Å². The minimum atomic E-state index is -0.965. The van der Waals surface area contributed by atoms with Crippen molar-refractivity contribution in [3.8, 4) is 0 Å². The Morgan fingerprint density at radius 2 is 2.12 bits per heavy atom. The Hall–Kier alpha value is -1.49. The van der Waals surface area contributed by atoms with Gasteiger partial charge in [-0.25, -0.2) is 4.79 Å². The van der Waals surface area contributed by atoms with E-state index >= 15 is 0 Å². The second-order valence-electron chi connectivity index (χ2n) is 3.13. The molecule has 1 aromatic rings. The third kappa shape index (κ3) is 3.27. The van der Waals surface area contributed by atoms with Crippen LogP contribution in [0, 0.1) is 0 Å². The van der Waals surface area contributed by atoms with Gasteiger partial charge in [0.15, 0.2) is 0 Å². The van der Waals surface area contributed by atoms with Gasteiger partial charge in [-0.2, -0.15) is 0 Å². The maximum absolute atomic E-state index is 11.0. The predicted octanol–water partition coefficient (Wildman–Crippen LogP) is 2.46. The molecule has 0 aromatic heterocycles. The molecule has 1 aromatic carbocycles. The Morgan fingerprint density at radius 3 is 2.62 bits per heavy atom. The molecular weight excluding hydrogens is 226 g/mol. The number of thioether (sulfide) groups is 1. The Labute approximate surface area is 98.0 Å². The third-order valence-corrected chi connectivity index (χ3v) is 2.78. The Bertz CT molecular complexity index is 418. The third-order valence-electron chi connectivity index (χ3n) is 1.84.